The molecule has 0 aromatic heterocycles. The topological polar surface area (TPSA) is 60.7 Å². The Morgan fingerprint density at radius 2 is 0.974 bits per heavy atom. The van der Waals surface area contributed by atoms with E-state index in [9.17, 15) is 15.3 Å². The molecule has 3 nitrogen and oxygen atoms in total. The van der Waals surface area contributed by atoms with Crippen molar-refractivity contribution in [3.63, 3.8) is 0 Å². The van der Waals surface area contributed by atoms with Crippen molar-refractivity contribution in [2.24, 2.45) is 0 Å². The SMILES string of the molecule is Cc1cc(O)c(C(C)(C)C)cc1C(C)CC(c1ccc(O)c(C(C)(C)C)c1)c1cc(C(C)(C)C)c(O)cc1C. The molecule has 39 heavy (non-hydrogen) atoms. The maximum absolute atomic E-state index is 10.9. The first-order valence-corrected chi connectivity index (χ1v) is 14.2. The second kappa shape index (κ2) is 10.6. The van der Waals surface area contributed by atoms with Crippen LogP contribution in [0.1, 0.15) is 132 Å². The second-order valence-corrected chi connectivity index (χ2v) is 14.7. The van der Waals surface area contributed by atoms with Gasteiger partial charge in [-0.3, -0.25) is 0 Å². The van der Waals surface area contributed by atoms with Crippen LogP contribution in [0.5, 0.6) is 17.2 Å². The van der Waals surface area contributed by atoms with Gasteiger partial charge in [0.05, 0.1) is 0 Å². The second-order valence-electron chi connectivity index (χ2n) is 14.7. The molecule has 3 aromatic carbocycles. The van der Waals surface area contributed by atoms with Crippen LogP contribution >= 0.6 is 0 Å². The summed E-state index contributed by atoms with van der Waals surface area (Å²) < 4.78 is 0. The Hall–Kier alpha value is -2.94. The van der Waals surface area contributed by atoms with Crippen molar-refractivity contribution in [3.05, 3.63) is 87.0 Å². The minimum atomic E-state index is -0.205. The molecule has 2 unspecified atom stereocenters. The molecule has 3 heteroatoms. The standard InChI is InChI=1S/C36H50O3/c1-21(25-19-29(35(7,8)9)32(38)16-22(25)2)15-27(24-13-14-31(37)28(18-24)34(4,5)6)26-20-30(36(10,11)12)33(39)17-23(26)3/h13-14,16-21,27,37-39H,15H2,1-12H3. The third-order valence-electron chi connectivity index (χ3n) is 8.11. The van der Waals surface area contributed by atoms with Crippen LogP contribution in [0.4, 0.5) is 0 Å². The molecule has 0 aliphatic rings. The third-order valence-corrected chi connectivity index (χ3v) is 8.11. The van der Waals surface area contributed by atoms with Crippen LogP contribution in [0, 0.1) is 13.8 Å². The number of aryl methyl sites for hydroxylation is 2. The highest BCUT2D eigenvalue weighted by atomic mass is 16.3. The summed E-state index contributed by atoms with van der Waals surface area (Å²) in [7, 11) is 0. The minimum absolute atomic E-state index is 0.0506. The van der Waals surface area contributed by atoms with Gasteiger partial charge in [-0.1, -0.05) is 93.5 Å². The van der Waals surface area contributed by atoms with Gasteiger partial charge in [-0.2, -0.15) is 0 Å². The summed E-state index contributed by atoms with van der Waals surface area (Å²) in [4.78, 5) is 0. The molecule has 0 heterocycles. The Balaban J connectivity index is 2.24. The maximum atomic E-state index is 10.9. The van der Waals surface area contributed by atoms with Gasteiger partial charge in [-0.15, -0.1) is 0 Å². The first kappa shape index (κ1) is 30.6. The fourth-order valence-electron chi connectivity index (χ4n) is 5.82. The lowest BCUT2D eigenvalue weighted by molar-refractivity contribution is 0.445. The van der Waals surface area contributed by atoms with Gasteiger partial charge in [0.15, 0.2) is 0 Å². The first-order valence-electron chi connectivity index (χ1n) is 14.2. The smallest absolute Gasteiger partial charge is 0.119 e. The van der Waals surface area contributed by atoms with E-state index >= 15 is 0 Å². The highest BCUT2D eigenvalue weighted by Gasteiger charge is 2.28. The molecule has 3 aromatic rings. The predicted octanol–water partition coefficient (Wildman–Crippen LogP) is 9.64. The molecule has 0 amide bonds. The van der Waals surface area contributed by atoms with E-state index in [0.29, 0.717) is 17.2 Å². The zero-order chi connectivity index (χ0) is 29.7. The monoisotopic (exact) mass is 530 g/mol. The Kier molecular flexibility index (Phi) is 8.29. The number of rotatable bonds is 5. The number of hydrogen-bond acceptors (Lipinski definition) is 3. The van der Waals surface area contributed by atoms with Crippen molar-refractivity contribution in [3.8, 4) is 17.2 Å². The molecule has 0 bridgehead atoms. The number of hydrogen-bond donors (Lipinski definition) is 3. The zero-order valence-corrected chi connectivity index (χ0v) is 26.2. The van der Waals surface area contributed by atoms with Crippen LogP contribution in [-0.4, -0.2) is 15.3 Å². The molecule has 0 aliphatic heterocycles. The molecule has 0 radical (unpaired) electrons. The zero-order valence-electron chi connectivity index (χ0n) is 26.2. The van der Waals surface area contributed by atoms with E-state index in [-0.39, 0.29) is 28.1 Å². The summed E-state index contributed by atoms with van der Waals surface area (Å²) in [5, 5.41) is 32.3. The molecule has 3 N–H and O–H groups in total. The predicted molar refractivity (Wildman–Crippen MR) is 165 cm³/mol. The minimum Gasteiger partial charge on any atom is -0.508 e. The van der Waals surface area contributed by atoms with Gasteiger partial charge in [-0.25, -0.2) is 0 Å². The molecule has 0 aliphatic carbocycles. The van der Waals surface area contributed by atoms with Crippen LogP contribution in [0.3, 0.4) is 0 Å². The van der Waals surface area contributed by atoms with Crippen LogP contribution in [-0.2, 0) is 16.2 Å². The summed E-state index contributed by atoms with van der Waals surface area (Å²) in [5.74, 6) is 1.26. The van der Waals surface area contributed by atoms with Gasteiger partial charge in [-0.05, 0) is 105 Å². The molecular formula is C36H50O3. The van der Waals surface area contributed by atoms with Crippen LogP contribution in [0.25, 0.3) is 0 Å². The number of phenolic OH excluding ortho intramolecular Hbond substituents is 3. The van der Waals surface area contributed by atoms with Crippen molar-refractivity contribution in [1.82, 2.24) is 0 Å². The maximum Gasteiger partial charge on any atom is 0.119 e. The number of aromatic hydroxyl groups is 3. The summed E-state index contributed by atoms with van der Waals surface area (Å²) >= 11 is 0. The van der Waals surface area contributed by atoms with E-state index in [4.69, 9.17) is 0 Å². The molecular weight excluding hydrogens is 480 g/mol. The highest BCUT2D eigenvalue weighted by Crippen LogP contribution is 2.44. The number of phenols is 3. The van der Waals surface area contributed by atoms with Gasteiger partial charge >= 0.3 is 0 Å². The van der Waals surface area contributed by atoms with E-state index in [1.54, 1.807) is 0 Å². The lowest BCUT2D eigenvalue weighted by atomic mass is 9.75. The Bertz CT molecular complexity index is 1340. The van der Waals surface area contributed by atoms with Gasteiger partial charge < -0.3 is 15.3 Å². The lowest BCUT2D eigenvalue weighted by Gasteiger charge is -2.30. The summed E-state index contributed by atoms with van der Waals surface area (Å²) in [6, 6.07) is 14.2. The van der Waals surface area contributed by atoms with Gasteiger partial charge in [0, 0.05) is 5.92 Å². The van der Waals surface area contributed by atoms with Crippen molar-refractivity contribution in [2.75, 3.05) is 0 Å². The molecule has 0 saturated heterocycles. The third kappa shape index (κ3) is 6.62. The molecule has 212 valence electrons. The van der Waals surface area contributed by atoms with E-state index in [1.807, 2.05) is 18.2 Å². The summed E-state index contributed by atoms with van der Waals surface area (Å²) in [6.45, 7) is 25.6. The van der Waals surface area contributed by atoms with E-state index in [1.165, 1.54) is 11.1 Å². The van der Waals surface area contributed by atoms with Gasteiger partial charge in [0.2, 0.25) is 0 Å². The fourth-order valence-corrected chi connectivity index (χ4v) is 5.82. The first-order chi connectivity index (χ1) is 17.7. The van der Waals surface area contributed by atoms with Crippen molar-refractivity contribution in [2.45, 2.75) is 118 Å². The Labute approximate surface area is 236 Å². The van der Waals surface area contributed by atoms with Gasteiger partial charge in [0.25, 0.3) is 0 Å². The Morgan fingerprint density at radius 3 is 1.44 bits per heavy atom. The molecule has 2 atom stereocenters. The van der Waals surface area contributed by atoms with E-state index in [0.717, 1.165) is 39.8 Å². The average molecular weight is 531 g/mol. The molecule has 3 rings (SSSR count). The van der Waals surface area contributed by atoms with Crippen LogP contribution in [0.2, 0.25) is 0 Å². The quantitative estimate of drug-likeness (QED) is 0.308. The Morgan fingerprint density at radius 1 is 0.564 bits per heavy atom. The number of benzene rings is 3. The van der Waals surface area contributed by atoms with Crippen molar-refractivity contribution >= 4 is 0 Å². The summed E-state index contributed by atoms with van der Waals surface area (Å²) in [6.07, 6.45) is 0.846. The normalized spacial score (nSPS) is 14.4. The fraction of sp³-hybridized carbons (Fsp3) is 0.500. The van der Waals surface area contributed by atoms with E-state index < -0.39 is 0 Å². The molecule has 0 saturated carbocycles. The van der Waals surface area contributed by atoms with Crippen LogP contribution in [0.15, 0.2) is 42.5 Å². The summed E-state index contributed by atoms with van der Waals surface area (Å²) in [5.41, 5.74) is 7.99. The van der Waals surface area contributed by atoms with Crippen LogP contribution < -0.4 is 0 Å². The average Bonchev–Trinajstić information content (AvgIpc) is 2.75. The highest BCUT2D eigenvalue weighted by molar-refractivity contribution is 5.51. The molecule has 0 spiro atoms. The van der Waals surface area contributed by atoms with Gasteiger partial charge in [0.1, 0.15) is 17.2 Å². The van der Waals surface area contributed by atoms with Crippen molar-refractivity contribution in [1.29, 1.82) is 0 Å². The molecule has 0 fully saturated rings. The van der Waals surface area contributed by atoms with Crippen molar-refractivity contribution < 1.29 is 15.3 Å². The largest absolute Gasteiger partial charge is 0.508 e. The lowest BCUT2D eigenvalue weighted by Crippen LogP contribution is -2.16. The van der Waals surface area contributed by atoms with E-state index in [2.05, 4.69) is 107 Å².